The second kappa shape index (κ2) is 11.0. The normalized spacial score (nSPS) is 43.9. The van der Waals surface area contributed by atoms with Gasteiger partial charge in [-0.3, -0.25) is 0 Å². The van der Waals surface area contributed by atoms with Crippen LogP contribution >= 0.6 is 0 Å². The molecule has 1 heterocycles. The Labute approximate surface area is 284 Å². The topological polar surface area (TPSA) is 74.7 Å². The number of allylic oxidation sites excluding steroid dienone is 3. The molecule has 1 aromatic rings. The van der Waals surface area contributed by atoms with E-state index in [0.29, 0.717) is 59.7 Å². The maximum absolute atomic E-state index is 12.3. The number of nitrogens with zero attached hydrogens (tertiary/aromatic N) is 1. The van der Waals surface area contributed by atoms with Gasteiger partial charge in [-0.2, -0.15) is 0 Å². The van der Waals surface area contributed by atoms with E-state index in [1.54, 1.807) is 12.1 Å². The van der Waals surface area contributed by atoms with Crippen LogP contribution < -0.4 is 0 Å². The van der Waals surface area contributed by atoms with Gasteiger partial charge in [0, 0.05) is 19.6 Å². The van der Waals surface area contributed by atoms with Gasteiger partial charge >= 0.3 is 5.97 Å². The van der Waals surface area contributed by atoms with Crippen molar-refractivity contribution in [2.24, 2.45) is 56.7 Å². The predicted octanol–water partition coefficient (Wildman–Crippen LogP) is 8.77. The van der Waals surface area contributed by atoms with Crippen molar-refractivity contribution in [3.63, 3.8) is 0 Å². The zero-order chi connectivity index (χ0) is 33.8. The highest BCUT2D eigenvalue weighted by Crippen LogP contribution is 2.77. The Hall–Kier alpha value is -1.92. The lowest BCUT2D eigenvalue weighted by molar-refractivity contribution is -0.226. The molecule has 0 bridgehead atoms. The number of hydrogen-bond donors (Lipinski definition) is 1. The van der Waals surface area contributed by atoms with E-state index >= 15 is 0 Å². The van der Waals surface area contributed by atoms with Crippen molar-refractivity contribution >= 4 is 21.4 Å². The van der Waals surface area contributed by atoms with Crippen LogP contribution in [-0.2, 0) is 9.84 Å². The first-order chi connectivity index (χ1) is 22.0. The average Bonchev–Trinajstić information content (AvgIpc) is 3.38. The van der Waals surface area contributed by atoms with Crippen LogP contribution in [-0.4, -0.2) is 55.5 Å². The number of fused-ring (bicyclic) bond motifs is 7. The standard InChI is InChI=1S/C41H59NO4S/c1-27(2)30-14-19-41(26-42-22-24-47(45,46)25-23-42)21-20-39(6)32(35(30)41)12-13-34-38(5)17-15-31(28-8-10-29(11-9-28)36(43)44)37(3,4)33(38)16-18-40(34,39)7/h8-11,15,30,32-35H,1,12-14,16-26H2,2-7H3,(H,43,44)/t30-,32+,33-,34+,35+,38-,39+,40+,41+/m0/s1. The largest absolute Gasteiger partial charge is 0.478 e. The van der Waals surface area contributed by atoms with Gasteiger partial charge in [-0.1, -0.05) is 65.0 Å². The van der Waals surface area contributed by atoms with Crippen molar-refractivity contribution in [3.05, 3.63) is 53.6 Å². The molecule has 5 nitrogen and oxygen atoms in total. The summed E-state index contributed by atoms with van der Waals surface area (Å²) in [5.74, 6) is 2.93. The highest BCUT2D eigenvalue weighted by atomic mass is 32.2. The van der Waals surface area contributed by atoms with Crippen LogP contribution in [0.2, 0.25) is 0 Å². The SMILES string of the molecule is C=C(C)[C@@H]1CC[C@]2(CN3CCS(=O)(=O)CC3)CC[C@]3(C)[C@H](CC[C@@H]4[C@@]5(C)CC=C(c6ccc(C(=O)O)cc6)C(C)(C)[C@@H]5CC[C@]43C)[C@@H]12. The molecule has 1 N–H and O–H groups in total. The van der Waals surface area contributed by atoms with E-state index < -0.39 is 15.8 Å². The minimum atomic E-state index is -2.88. The van der Waals surface area contributed by atoms with Crippen LogP contribution in [0.5, 0.6) is 0 Å². The molecule has 5 aliphatic carbocycles. The van der Waals surface area contributed by atoms with Gasteiger partial charge < -0.3 is 10.0 Å². The van der Waals surface area contributed by atoms with Gasteiger partial charge in [-0.15, -0.1) is 0 Å². The summed E-state index contributed by atoms with van der Waals surface area (Å²) in [7, 11) is -2.88. The van der Waals surface area contributed by atoms with Crippen LogP contribution in [0.3, 0.4) is 0 Å². The molecule has 47 heavy (non-hydrogen) atoms. The fraction of sp³-hybridized carbons (Fsp3) is 0.732. The molecule has 1 aliphatic heterocycles. The van der Waals surface area contributed by atoms with Gasteiger partial charge in [-0.05, 0) is 145 Å². The summed E-state index contributed by atoms with van der Waals surface area (Å²) in [4.78, 5) is 14.1. The Morgan fingerprint density at radius 2 is 1.57 bits per heavy atom. The summed E-state index contributed by atoms with van der Waals surface area (Å²) in [5.41, 5.74) is 5.36. The Bertz CT molecular complexity index is 1580. The van der Waals surface area contributed by atoms with Gasteiger partial charge in [0.05, 0.1) is 17.1 Å². The zero-order valence-electron chi connectivity index (χ0n) is 29.9. The van der Waals surface area contributed by atoms with Gasteiger partial charge in [0.1, 0.15) is 0 Å². The van der Waals surface area contributed by atoms with E-state index in [4.69, 9.17) is 0 Å². The second-order valence-electron chi connectivity index (χ2n) is 18.4. The van der Waals surface area contributed by atoms with Crippen molar-refractivity contribution in [2.75, 3.05) is 31.1 Å². The molecule has 9 atom stereocenters. The minimum Gasteiger partial charge on any atom is -0.478 e. The number of carboxylic acid groups (broad SMARTS) is 1. The summed E-state index contributed by atoms with van der Waals surface area (Å²) in [6, 6.07) is 7.57. The molecular weight excluding hydrogens is 603 g/mol. The molecule has 7 rings (SSSR count). The first kappa shape index (κ1) is 33.6. The van der Waals surface area contributed by atoms with Crippen molar-refractivity contribution < 1.29 is 18.3 Å². The number of hydrogen-bond acceptors (Lipinski definition) is 4. The second-order valence-corrected chi connectivity index (χ2v) is 20.7. The first-order valence-corrected chi connectivity index (χ1v) is 20.4. The molecule has 0 radical (unpaired) electrons. The number of carboxylic acids is 1. The third kappa shape index (κ3) is 4.91. The Kier molecular flexibility index (Phi) is 7.89. The molecule has 0 amide bonds. The van der Waals surface area contributed by atoms with E-state index in [2.05, 4.69) is 59.1 Å². The molecule has 0 aromatic heterocycles. The van der Waals surface area contributed by atoms with Crippen LogP contribution in [0.1, 0.15) is 115 Å². The van der Waals surface area contributed by atoms with E-state index in [0.717, 1.165) is 13.0 Å². The monoisotopic (exact) mass is 661 g/mol. The van der Waals surface area contributed by atoms with Gasteiger partial charge in [0.2, 0.25) is 0 Å². The molecule has 4 saturated carbocycles. The molecule has 258 valence electrons. The number of benzene rings is 1. The van der Waals surface area contributed by atoms with Crippen molar-refractivity contribution in [1.29, 1.82) is 0 Å². The molecule has 5 fully saturated rings. The number of sulfone groups is 1. The van der Waals surface area contributed by atoms with E-state index in [9.17, 15) is 18.3 Å². The third-order valence-electron chi connectivity index (χ3n) is 16.2. The van der Waals surface area contributed by atoms with Crippen LogP contribution in [0.15, 0.2) is 42.5 Å². The minimum absolute atomic E-state index is 0.0109. The van der Waals surface area contributed by atoms with E-state index in [1.807, 2.05) is 12.1 Å². The molecule has 6 heteroatoms. The number of aromatic carboxylic acids is 1. The fourth-order valence-corrected chi connectivity index (χ4v) is 15.1. The highest BCUT2D eigenvalue weighted by molar-refractivity contribution is 7.91. The summed E-state index contributed by atoms with van der Waals surface area (Å²) >= 11 is 0. The molecule has 0 unspecified atom stereocenters. The van der Waals surface area contributed by atoms with Crippen LogP contribution in [0.4, 0.5) is 0 Å². The molecule has 1 saturated heterocycles. The lowest BCUT2D eigenvalue weighted by Gasteiger charge is -2.72. The number of carbonyl (C=O) groups is 1. The predicted molar refractivity (Wildman–Crippen MR) is 191 cm³/mol. The Morgan fingerprint density at radius 1 is 0.894 bits per heavy atom. The fourth-order valence-electron chi connectivity index (χ4n) is 13.8. The molecule has 1 aromatic carbocycles. The highest BCUT2D eigenvalue weighted by Gasteiger charge is 2.70. The van der Waals surface area contributed by atoms with Crippen molar-refractivity contribution in [3.8, 4) is 0 Å². The van der Waals surface area contributed by atoms with Gasteiger partial charge in [-0.25, -0.2) is 13.2 Å². The zero-order valence-corrected chi connectivity index (χ0v) is 30.7. The first-order valence-electron chi connectivity index (χ1n) is 18.6. The molecule has 0 spiro atoms. The maximum atomic E-state index is 12.3. The van der Waals surface area contributed by atoms with E-state index in [1.165, 1.54) is 68.1 Å². The Balaban J connectivity index is 1.20. The molecule has 6 aliphatic rings. The van der Waals surface area contributed by atoms with Gasteiger partial charge in [0.15, 0.2) is 9.84 Å². The summed E-state index contributed by atoms with van der Waals surface area (Å²) < 4.78 is 24.6. The van der Waals surface area contributed by atoms with Crippen molar-refractivity contribution in [2.45, 2.75) is 99.3 Å². The summed E-state index contributed by atoms with van der Waals surface area (Å²) in [5, 5.41) is 9.47. The van der Waals surface area contributed by atoms with Crippen LogP contribution in [0, 0.1) is 56.7 Å². The lowest BCUT2D eigenvalue weighted by Crippen LogP contribution is -2.66. The summed E-state index contributed by atoms with van der Waals surface area (Å²) in [6.07, 6.45) is 13.8. The smallest absolute Gasteiger partial charge is 0.335 e. The van der Waals surface area contributed by atoms with Gasteiger partial charge in [0.25, 0.3) is 0 Å². The quantitative estimate of drug-likeness (QED) is 0.320. The average molecular weight is 662 g/mol. The Morgan fingerprint density at radius 3 is 2.21 bits per heavy atom. The third-order valence-corrected chi connectivity index (χ3v) is 17.8. The van der Waals surface area contributed by atoms with E-state index in [-0.39, 0.29) is 27.1 Å². The van der Waals surface area contributed by atoms with Crippen molar-refractivity contribution in [1.82, 2.24) is 4.90 Å². The summed E-state index contributed by atoms with van der Waals surface area (Å²) in [6.45, 7) is 22.3. The van der Waals surface area contributed by atoms with Crippen LogP contribution in [0.25, 0.3) is 5.57 Å². The lowest BCUT2D eigenvalue weighted by atomic mass is 9.32. The molecular formula is C41H59NO4S. The maximum Gasteiger partial charge on any atom is 0.335 e. The number of rotatable bonds is 5.